The highest BCUT2D eigenvalue weighted by Gasteiger charge is 2.37. The first-order valence-corrected chi connectivity index (χ1v) is 9.91. The fraction of sp³-hybridized carbons (Fsp3) is 0.286. The first-order chi connectivity index (χ1) is 13.5. The Bertz CT molecular complexity index is 872. The van der Waals surface area contributed by atoms with Crippen LogP contribution in [0.3, 0.4) is 0 Å². The lowest BCUT2D eigenvalue weighted by Crippen LogP contribution is -2.39. The normalized spacial score (nSPS) is 16.2. The fourth-order valence-electron chi connectivity index (χ4n) is 3.35. The summed E-state index contributed by atoms with van der Waals surface area (Å²) in [5.41, 5.74) is 7.00. The molecule has 1 atom stereocenters. The third-order valence-corrected chi connectivity index (χ3v) is 5.44. The SMILES string of the molecule is NC(=O)CCN(Cc1ccccc1)C(=O)C1CC(=O)N(c2ccccc2Br)C1. The Balaban J connectivity index is 1.75. The standard InChI is InChI=1S/C21H22BrN3O3/c22-17-8-4-5-9-18(17)25-14-16(12-20(25)27)21(28)24(11-10-19(23)26)13-15-6-2-1-3-7-15/h1-9,16H,10-14H2,(H2,23,26). The van der Waals surface area contributed by atoms with Gasteiger partial charge in [-0.3, -0.25) is 14.4 Å². The van der Waals surface area contributed by atoms with Crippen LogP contribution >= 0.6 is 15.9 Å². The van der Waals surface area contributed by atoms with Gasteiger partial charge in [-0.15, -0.1) is 0 Å². The average Bonchev–Trinajstić information content (AvgIpc) is 3.07. The Morgan fingerprint density at radius 3 is 2.46 bits per heavy atom. The van der Waals surface area contributed by atoms with E-state index in [9.17, 15) is 14.4 Å². The fourth-order valence-corrected chi connectivity index (χ4v) is 3.85. The lowest BCUT2D eigenvalue weighted by Gasteiger charge is -2.25. The van der Waals surface area contributed by atoms with Crippen molar-refractivity contribution in [1.29, 1.82) is 0 Å². The van der Waals surface area contributed by atoms with Crippen LogP contribution in [0.1, 0.15) is 18.4 Å². The second-order valence-electron chi connectivity index (χ2n) is 6.82. The molecular formula is C21H22BrN3O3. The minimum atomic E-state index is -0.455. The summed E-state index contributed by atoms with van der Waals surface area (Å²) in [4.78, 5) is 40.2. The molecule has 1 aliphatic rings. The van der Waals surface area contributed by atoms with E-state index < -0.39 is 11.8 Å². The number of rotatable bonds is 7. The molecule has 2 N–H and O–H groups in total. The van der Waals surface area contributed by atoms with Crippen LogP contribution < -0.4 is 10.6 Å². The van der Waals surface area contributed by atoms with Crippen LogP contribution in [-0.4, -0.2) is 35.7 Å². The molecule has 0 radical (unpaired) electrons. The van der Waals surface area contributed by atoms with Crippen LogP contribution in [0.2, 0.25) is 0 Å². The number of para-hydroxylation sites is 1. The monoisotopic (exact) mass is 443 g/mol. The van der Waals surface area contributed by atoms with Crippen LogP contribution in [-0.2, 0) is 20.9 Å². The molecule has 0 bridgehead atoms. The Morgan fingerprint density at radius 2 is 1.79 bits per heavy atom. The second-order valence-corrected chi connectivity index (χ2v) is 7.67. The Labute approximate surface area is 172 Å². The summed E-state index contributed by atoms with van der Waals surface area (Å²) in [6.07, 6.45) is 0.245. The lowest BCUT2D eigenvalue weighted by molar-refractivity contribution is -0.136. The zero-order valence-corrected chi connectivity index (χ0v) is 17.0. The van der Waals surface area contributed by atoms with E-state index in [-0.39, 0.29) is 31.2 Å². The number of nitrogens with zero attached hydrogens (tertiary/aromatic N) is 2. The van der Waals surface area contributed by atoms with Crippen LogP contribution in [0, 0.1) is 5.92 Å². The van der Waals surface area contributed by atoms with E-state index in [1.807, 2.05) is 54.6 Å². The van der Waals surface area contributed by atoms with Gasteiger partial charge in [-0.1, -0.05) is 42.5 Å². The predicted molar refractivity (Wildman–Crippen MR) is 110 cm³/mol. The number of anilines is 1. The molecule has 2 aromatic carbocycles. The molecule has 0 saturated carbocycles. The zero-order valence-electron chi connectivity index (χ0n) is 15.4. The van der Waals surface area contributed by atoms with Gasteiger partial charge in [0.15, 0.2) is 0 Å². The van der Waals surface area contributed by atoms with Crippen molar-refractivity contribution < 1.29 is 14.4 Å². The summed E-state index contributed by atoms with van der Waals surface area (Å²) in [5, 5.41) is 0. The molecule has 2 aromatic rings. The zero-order chi connectivity index (χ0) is 20.1. The van der Waals surface area contributed by atoms with Crippen LogP contribution in [0.15, 0.2) is 59.1 Å². The van der Waals surface area contributed by atoms with Gasteiger partial charge in [0.05, 0.1) is 11.6 Å². The van der Waals surface area contributed by atoms with Gasteiger partial charge in [-0.05, 0) is 33.6 Å². The Morgan fingerprint density at radius 1 is 1.11 bits per heavy atom. The van der Waals surface area contributed by atoms with Gasteiger partial charge in [0.1, 0.15) is 0 Å². The average molecular weight is 444 g/mol. The maximum atomic E-state index is 13.2. The first kappa shape index (κ1) is 20.1. The van der Waals surface area contributed by atoms with E-state index in [0.717, 1.165) is 15.7 Å². The van der Waals surface area contributed by atoms with Crippen LogP contribution in [0.4, 0.5) is 5.69 Å². The number of carbonyl (C=O) groups excluding carboxylic acids is 3. The van der Waals surface area contributed by atoms with Gasteiger partial charge >= 0.3 is 0 Å². The highest BCUT2D eigenvalue weighted by Crippen LogP contribution is 2.32. The smallest absolute Gasteiger partial charge is 0.228 e. The third kappa shape index (κ3) is 4.78. The molecule has 1 heterocycles. The summed E-state index contributed by atoms with van der Waals surface area (Å²) in [7, 11) is 0. The number of hydrogen-bond donors (Lipinski definition) is 1. The number of carbonyl (C=O) groups is 3. The summed E-state index contributed by atoms with van der Waals surface area (Å²) >= 11 is 3.46. The van der Waals surface area contributed by atoms with Crippen molar-refractivity contribution in [2.24, 2.45) is 11.7 Å². The van der Waals surface area contributed by atoms with Crippen molar-refractivity contribution in [3.63, 3.8) is 0 Å². The topological polar surface area (TPSA) is 83.7 Å². The molecule has 3 amide bonds. The molecule has 0 aliphatic carbocycles. The molecule has 3 rings (SSSR count). The minimum absolute atomic E-state index is 0.0835. The highest BCUT2D eigenvalue weighted by atomic mass is 79.9. The molecule has 6 nitrogen and oxygen atoms in total. The number of hydrogen-bond acceptors (Lipinski definition) is 3. The van der Waals surface area contributed by atoms with Crippen LogP contribution in [0.25, 0.3) is 0 Å². The minimum Gasteiger partial charge on any atom is -0.370 e. The van der Waals surface area contributed by atoms with Crippen molar-refractivity contribution in [3.8, 4) is 0 Å². The van der Waals surface area contributed by atoms with Gasteiger partial charge < -0.3 is 15.5 Å². The van der Waals surface area contributed by atoms with Crippen molar-refractivity contribution in [2.75, 3.05) is 18.0 Å². The maximum Gasteiger partial charge on any atom is 0.228 e. The maximum absolute atomic E-state index is 13.2. The molecule has 1 saturated heterocycles. The number of halogens is 1. The van der Waals surface area contributed by atoms with Crippen molar-refractivity contribution in [2.45, 2.75) is 19.4 Å². The number of benzene rings is 2. The molecule has 1 unspecified atom stereocenters. The number of amides is 3. The van der Waals surface area contributed by atoms with Crippen molar-refractivity contribution in [3.05, 3.63) is 64.6 Å². The largest absolute Gasteiger partial charge is 0.370 e. The lowest BCUT2D eigenvalue weighted by atomic mass is 10.1. The summed E-state index contributed by atoms with van der Waals surface area (Å²) in [6, 6.07) is 17.0. The second kappa shape index (κ2) is 9.01. The van der Waals surface area contributed by atoms with Crippen molar-refractivity contribution >= 4 is 39.3 Å². The summed E-state index contributed by atoms with van der Waals surface area (Å²) in [6.45, 7) is 0.942. The molecule has 0 spiro atoms. The van der Waals surface area contributed by atoms with Gasteiger partial charge in [0.25, 0.3) is 0 Å². The molecule has 0 aromatic heterocycles. The van der Waals surface area contributed by atoms with E-state index in [2.05, 4.69) is 15.9 Å². The molecule has 1 aliphatic heterocycles. The van der Waals surface area contributed by atoms with E-state index >= 15 is 0 Å². The Kier molecular flexibility index (Phi) is 6.46. The molecular weight excluding hydrogens is 422 g/mol. The van der Waals surface area contributed by atoms with E-state index in [4.69, 9.17) is 5.73 Å². The third-order valence-electron chi connectivity index (χ3n) is 4.77. The molecule has 7 heteroatoms. The van der Waals surface area contributed by atoms with Gasteiger partial charge in [-0.25, -0.2) is 0 Å². The van der Waals surface area contributed by atoms with E-state index in [1.165, 1.54) is 0 Å². The quantitative estimate of drug-likeness (QED) is 0.713. The van der Waals surface area contributed by atoms with Crippen molar-refractivity contribution in [1.82, 2.24) is 4.90 Å². The molecule has 1 fully saturated rings. The van der Waals surface area contributed by atoms with E-state index in [1.54, 1.807) is 9.80 Å². The van der Waals surface area contributed by atoms with Gasteiger partial charge in [-0.2, -0.15) is 0 Å². The number of primary amides is 1. The molecule has 146 valence electrons. The predicted octanol–water partition coefficient (Wildman–Crippen LogP) is 2.71. The van der Waals surface area contributed by atoms with Crippen LogP contribution in [0.5, 0.6) is 0 Å². The summed E-state index contributed by atoms with van der Waals surface area (Å²) < 4.78 is 0.811. The number of nitrogens with two attached hydrogens (primary N) is 1. The van der Waals surface area contributed by atoms with Gasteiger partial charge in [0, 0.05) is 36.9 Å². The Hall–Kier alpha value is -2.67. The molecule has 28 heavy (non-hydrogen) atoms. The first-order valence-electron chi connectivity index (χ1n) is 9.11. The summed E-state index contributed by atoms with van der Waals surface area (Å²) in [5.74, 6) is -1.12. The van der Waals surface area contributed by atoms with E-state index in [0.29, 0.717) is 13.1 Å². The van der Waals surface area contributed by atoms with Gasteiger partial charge in [0.2, 0.25) is 17.7 Å². The highest BCUT2D eigenvalue weighted by molar-refractivity contribution is 9.10.